The number of hydrogen-bond donors (Lipinski definition) is 2. The van der Waals surface area contributed by atoms with Crippen LogP contribution in [0.15, 0.2) is 24.4 Å². The van der Waals surface area contributed by atoms with Crippen LogP contribution in [-0.4, -0.2) is 26.5 Å². The number of fused-ring (bicyclic) bond motifs is 1. The molecule has 10 heteroatoms. The fourth-order valence-corrected chi connectivity index (χ4v) is 2.71. The average Bonchev–Trinajstić information content (AvgIpc) is 2.61. The monoisotopic (exact) mass is 392 g/mol. The van der Waals surface area contributed by atoms with Crippen LogP contribution in [0.3, 0.4) is 0 Å². The molecule has 0 saturated carbocycles. The van der Waals surface area contributed by atoms with Gasteiger partial charge in [-0.1, -0.05) is 0 Å². The summed E-state index contributed by atoms with van der Waals surface area (Å²) < 4.78 is 44.6. The van der Waals surface area contributed by atoms with E-state index in [4.69, 9.17) is 10.5 Å². The third-order valence-electron chi connectivity index (χ3n) is 3.96. The predicted octanol–water partition coefficient (Wildman–Crippen LogP) is 3.90. The zero-order chi connectivity index (χ0) is 20.5. The summed E-state index contributed by atoms with van der Waals surface area (Å²) in [5, 5.41) is 3.10. The molecule has 0 unspecified atom stereocenters. The highest BCUT2D eigenvalue weighted by molar-refractivity contribution is 5.84. The smallest absolute Gasteiger partial charge is 0.416 e. The number of anilines is 2. The highest BCUT2D eigenvalue weighted by atomic mass is 19.4. The van der Waals surface area contributed by atoms with Crippen molar-refractivity contribution >= 4 is 22.5 Å². The van der Waals surface area contributed by atoms with Gasteiger partial charge in [0.1, 0.15) is 16.9 Å². The first-order valence-corrected chi connectivity index (χ1v) is 8.55. The van der Waals surface area contributed by atoms with Gasteiger partial charge in [-0.15, -0.1) is 0 Å². The number of alkyl halides is 3. The fraction of sp³-hybridized carbons (Fsp3) is 0.333. The van der Waals surface area contributed by atoms with E-state index in [-0.39, 0.29) is 11.7 Å². The Morgan fingerprint density at radius 1 is 1.18 bits per heavy atom. The van der Waals surface area contributed by atoms with E-state index in [0.717, 1.165) is 12.1 Å². The largest absolute Gasteiger partial charge is 0.464 e. The molecule has 0 amide bonds. The lowest BCUT2D eigenvalue weighted by Gasteiger charge is -2.18. The van der Waals surface area contributed by atoms with Crippen LogP contribution in [0.2, 0.25) is 0 Å². The normalized spacial score (nSPS) is 12.8. The summed E-state index contributed by atoms with van der Waals surface area (Å²) in [6.07, 6.45) is -2.97. The van der Waals surface area contributed by atoms with Crippen molar-refractivity contribution in [1.82, 2.24) is 19.9 Å². The fourth-order valence-electron chi connectivity index (χ4n) is 2.71. The Morgan fingerprint density at radius 3 is 2.61 bits per heavy atom. The van der Waals surface area contributed by atoms with Gasteiger partial charge in [-0.05, 0) is 44.5 Å². The second kappa shape index (κ2) is 7.45. The molecule has 0 aliphatic rings. The summed E-state index contributed by atoms with van der Waals surface area (Å²) in [4.78, 5) is 17.0. The molecule has 0 aliphatic carbocycles. The van der Waals surface area contributed by atoms with E-state index in [1.54, 1.807) is 20.8 Å². The minimum absolute atomic E-state index is 0.0307. The maximum atomic E-state index is 13.1. The molecule has 3 aromatic rings. The van der Waals surface area contributed by atoms with Crippen molar-refractivity contribution in [2.45, 2.75) is 33.0 Å². The summed E-state index contributed by atoms with van der Waals surface area (Å²) in [7, 11) is 0. The number of hydrogen-bond acceptors (Lipinski definition) is 7. The number of aromatic nitrogens is 4. The second-order valence-electron chi connectivity index (χ2n) is 6.19. The van der Waals surface area contributed by atoms with Gasteiger partial charge in [-0.3, -0.25) is 0 Å². The second-order valence-corrected chi connectivity index (χ2v) is 6.19. The van der Waals surface area contributed by atoms with Crippen LogP contribution >= 0.6 is 0 Å². The van der Waals surface area contributed by atoms with Crippen molar-refractivity contribution < 1.29 is 17.9 Å². The Kier molecular flexibility index (Phi) is 5.21. The molecule has 2 heterocycles. The minimum atomic E-state index is -4.48. The molecule has 3 rings (SSSR count). The Morgan fingerprint density at radius 2 is 1.93 bits per heavy atom. The molecule has 28 heavy (non-hydrogen) atoms. The van der Waals surface area contributed by atoms with Gasteiger partial charge in [0.15, 0.2) is 5.82 Å². The van der Waals surface area contributed by atoms with Gasteiger partial charge >= 0.3 is 12.2 Å². The number of rotatable bonds is 5. The third-order valence-corrected chi connectivity index (χ3v) is 3.96. The third kappa shape index (κ3) is 4.21. The van der Waals surface area contributed by atoms with Crippen molar-refractivity contribution in [2.24, 2.45) is 0 Å². The van der Waals surface area contributed by atoms with Gasteiger partial charge in [-0.2, -0.15) is 18.2 Å². The molecule has 7 nitrogen and oxygen atoms in total. The van der Waals surface area contributed by atoms with Crippen molar-refractivity contribution in [2.75, 3.05) is 17.7 Å². The van der Waals surface area contributed by atoms with E-state index in [0.29, 0.717) is 34.8 Å². The molecular formula is C18H19F3N6O. The highest BCUT2D eigenvalue weighted by Crippen LogP contribution is 2.33. The van der Waals surface area contributed by atoms with Gasteiger partial charge in [0.05, 0.1) is 24.4 Å². The summed E-state index contributed by atoms with van der Waals surface area (Å²) in [6.45, 7) is 5.61. The quantitative estimate of drug-likeness (QED) is 0.635. The van der Waals surface area contributed by atoms with Gasteiger partial charge in [0, 0.05) is 5.69 Å². The van der Waals surface area contributed by atoms with Gasteiger partial charge < -0.3 is 15.8 Å². The van der Waals surface area contributed by atoms with Gasteiger partial charge in [0.2, 0.25) is 0 Å². The number of aryl methyl sites for hydroxylation is 1. The van der Waals surface area contributed by atoms with Gasteiger partial charge in [0.25, 0.3) is 0 Å². The van der Waals surface area contributed by atoms with Crippen molar-refractivity contribution in [1.29, 1.82) is 0 Å². The minimum Gasteiger partial charge on any atom is -0.464 e. The molecule has 0 bridgehead atoms. The van der Waals surface area contributed by atoms with Gasteiger partial charge in [-0.25, -0.2) is 15.0 Å². The highest BCUT2D eigenvalue weighted by Gasteiger charge is 2.31. The standard InChI is InChI=1S/C18H19F3N6O/c1-4-28-17-23-8-14-15(27-17)16(26-10(3)25-14)24-9(2)11-5-12(18(19,20)21)7-13(22)6-11/h5-9H,4,22H2,1-3H3,(H,24,25,26)/t9-/m1/s1. The van der Waals surface area contributed by atoms with E-state index in [1.807, 2.05) is 0 Å². The summed E-state index contributed by atoms with van der Waals surface area (Å²) in [5.74, 6) is 0.841. The van der Waals surface area contributed by atoms with Crippen LogP contribution in [0.25, 0.3) is 11.0 Å². The number of ether oxygens (including phenoxy) is 1. The average molecular weight is 392 g/mol. The molecule has 0 aliphatic heterocycles. The lowest BCUT2D eigenvalue weighted by atomic mass is 10.0. The molecule has 148 valence electrons. The molecule has 2 aromatic heterocycles. The van der Waals surface area contributed by atoms with E-state index >= 15 is 0 Å². The molecular weight excluding hydrogens is 373 g/mol. The van der Waals surface area contributed by atoms with Crippen molar-refractivity contribution in [3.63, 3.8) is 0 Å². The molecule has 0 saturated heterocycles. The topological polar surface area (TPSA) is 98.8 Å². The van der Waals surface area contributed by atoms with E-state index in [2.05, 4.69) is 25.3 Å². The number of nitrogen functional groups attached to an aromatic ring is 1. The van der Waals surface area contributed by atoms with Crippen LogP contribution < -0.4 is 15.8 Å². The predicted molar refractivity (Wildman–Crippen MR) is 98.9 cm³/mol. The number of halogens is 3. The van der Waals surface area contributed by atoms with E-state index < -0.39 is 17.8 Å². The van der Waals surface area contributed by atoms with Crippen LogP contribution in [-0.2, 0) is 6.18 Å². The Labute approximate surface area is 159 Å². The zero-order valence-corrected chi connectivity index (χ0v) is 15.5. The molecule has 0 spiro atoms. The molecule has 0 fully saturated rings. The molecule has 0 radical (unpaired) electrons. The first-order chi connectivity index (χ1) is 13.2. The van der Waals surface area contributed by atoms with Crippen LogP contribution in [0.5, 0.6) is 6.01 Å². The van der Waals surface area contributed by atoms with Crippen molar-refractivity contribution in [3.05, 3.63) is 41.3 Å². The van der Waals surface area contributed by atoms with E-state index in [1.165, 1.54) is 12.3 Å². The van der Waals surface area contributed by atoms with Crippen LogP contribution in [0.1, 0.15) is 36.8 Å². The summed E-state index contributed by atoms with van der Waals surface area (Å²) in [5.41, 5.74) is 6.17. The zero-order valence-electron chi connectivity index (χ0n) is 15.5. The Hall–Kier alpha value is -3.17. The van der Waals surface area contributed by atoms with Crippen LogP contribution in [0, 0.1) is 6.92 Å². The number of nitrogens with one attached hydrogen (secondary N) is 1. The van der Waals surface area contributed by atoms with Crippen LogP contribution in [0.4, 0.5) is 24.7 Å². The summed E-state index contributed by atoms with van der Waals surface area (Å²) in [6, 6.07) is 3.10. The summed E-state index contributed by atoms with van der Waals surface area (Å²) >= 11 is 0. The lowest BCUT2D eigenvalue weighted by molar-refractivity contribution is -0.137. The number of nitrogens with zero attached hydrogens (tertiary/aromatic N) is 4. The molecule has 3 N–H and O–H groups in total. The lowest BCUT2D eigenvalue weighted by Crippen LogP contribution is -2.13. The first kappa shape index (κ1) is 19.6. The SMILES string of the molecule is CCOc1ncc2nc(C)nc(N[C@H](C)c3cc(N)cc(C(F)(F)F)c3)c2n1. The maximum Gasteiger partial charge on any atom is 0.416 e. The Bertz CT molecular complexity index is 1010. The first-order valence-electron chi connectivity index (χ1n) is 8.55. The Balaban J connectivity index is 2.00. The molecule has 1 atom stereocenters. The van der Waals surface area contributed by atoms with Crippen molar-refractivity contribution in [3.8, 4) is 6.01 Å². The molecule has 1 aromatic carbocycles. The number of nitrogens with two attached hydrogens (primary N) is 1. The number of benzene rings is 1. The van der Waals surface area contributed by atoms with E-state index in [9.17, 15) is 13.2 Å². The maximum absolute atomic E-state index is 13.1.